The number of halogens is 2. The zero-order valence-electron chi connectivity index (χ0n) is 16.3. The average Bonchev–Trinajstić information content (AvgIpc) is 3.12. The molecule has 9 heteroatoms. The predicted octanol–water partition coefficient (Wildman–Crippen LogP) is 3.62. The molecule has 2 N–H and O–H groups in total. The largest absolute Gasteiger partial charge is 0.457 e. The van der Waals surface area contributed by atoms with E-state index in [1.807, 2.05) is 38.2 Å². The number of hydrogen-bond donors (Lipinski definition) is 2. The topological polar surface area (TPSA) is 76.4 Å². The third-order valence-electron chi connectivity index (χ3n) is 3.96. The Hall–Kier alpha value is -2.69. The Balaban J connectivity index is 0.00000300. The summed E-state index contributed by atoms with van der Waals surface area (Å²) < 4.78 is 20.4. The fourth-order valence-electron chi connectivity index (χ4n) is 2.46. The van der Waals surface area contributed by atoms with Crippen molar-refractivity contribution in [3.8, 4) is 11.5 Å². The van der Waals surface area contributed by atoms with Crippen LogP contribution in [0.5, 0.6) is 11.5 Å². The Morgan fingerprint density at radius 3 is 2.31 bits per heavy atom. The molecule has 0 aliphatic carbocycles. The van der Waals surface area contributed by atoms with Crippen molar-refractivity contribution in [2.45, 2.75) is 20.0 Å². The van der Waals surface area contributed by atoms with Gasteiger partial charge in [-0.1, -0.05) is 12.1 Å². The standard InChI is InChI=1S/C20H23FN6O.HI/c1-3-22-20(24-13-19-25-14-26-27(19)2)23-12-15-4-8-17(9-5-15)28-18-10-6-16(21)7-11-18;/h4-11,14H,3,12-13H2,1-2H3,(H2,22,23,24);1H. The molecule has 0 saturated carbocycles. The second-order valence-electron chi connectivity index (χ2n) is 6.05. The van der Waals surface area contributed by atoms with Gasteiger partial charge >= 0.3 is 0 Å². The highest BCUT2D eigenvalue weighted by Gasteiger charge is 2.03. The number of rotatable bonds is 7. The molecule has 3 rings (SSSR count). The van der Waals surface area contributed by atoms with E-state index < -0.39 is 0 Å². The van der Waals surface area contributed by atoms with E-state index in [2.05, 4.69) is 25.7 Å². The number of hydrogen-bond acceptors (Lipinski definition) is 4. The highest BCUT2D eigenvalue weighted by molar-refractivity contribution is 14.0. The van der Waals surface area contributed by atoms with Crippen LogP contribution in [0.4, 0.5) is 4.39 Å². The zero-order valence-corrected chi connectivity index (χ0v) is 18.6. The first-order chi connectivity index (χ1) is 13.6. The van der Waals surface area contributed by atoms with E-state index >= 15 is 0 Å². The lowest BCUT2D eigenvalue weighted by molar-refractivity contribution is 0.480. The van der Waals surface area contributed by atoms with Gasteiger partial charge in [-0.2, -0.15) is 5.10 Å². The minimum atomic E-state index is -0.287. The van der Waals surface area contributed by atoms with Crippen LogP contribution < -0.4 is 15.4 Å². The lowest BCUT2D eigenvalue weighted by atomic mass is 10.2. The smallest absolute Gasteiger partial charge is 0.191 e. The zero-order chi connectivity index (χ0) is 19.8. The third kappa shape index (κ3) is 7.00. The van der Waals surface area contributed by atoms with E-state index in [-0.39, 0.29) is 29.8 Å². The molecule has 154 valence electrons. The maximum absolute atomic E-state index is 13.0. The summed E-state index contributed by atoms with van der Waals surface area (Å²) in [5, 5.41) is 10.5. The summed E-state index contributed by atoms with van der Waals surface area (Å²) in [5.74, 6) is 2.52. The van der Waals surface area contributed by atoms with Crippen molar-refractivity contribution in [2.75, 3.05) is 6.54 Å². The van der Waals surface area contributed by atoms with Crippen molar-refractivity contribution >= 4 is 29.9 Å². The van der Waals surface area contributed by atoms with Crippen molar-refractivity contribution in [2.24, 2.45) is 12.0 Å². The van der Waals surface area contributed by atoms with Crippen LogP contribution in [-0.4, -0.2) is 27.3 Å². The van der Waals surface area contributed by atoms with E-state index in [1.54, 1.807) is 16.8 Å². The number of benzene rings is 2. The number of aromatic nitrogens is 3. The lowest BCUT2D eigenvalue weighted by Crippen LogP contribution is -2.37. The van der Waals surface area contributed by atoms with Gasteiger partial charge in [0.05, 0.1) is 13.1 Å². The Bertz CT molecular complexity index is 911. The van der Waals surface area contributed by atoms with Crippen LogP contribution in [0.1, 0.15) is 18.3 Å². The Labute approximate surface area is 186 Å². The fraction of sp³-hybridized carbons (Fsp3) is 0.250. The van der Waals surface area contributed by atoms with Crippen LogP contribution in [-0.2, 0) is 20.1 Å². The molecule has 7 nitrogen and oxygen atoms in total. The van der Waals surface area contributed by atoms with Crippen molar-refractivity contribution in [3.63, 3.8) is 0 Å². The summed E-state index contributed by atoms with van der Waals surface area (Å²) in [6, 6.07) is 13.6. The van der Waals surface area contributed by atoms with Gasteiger partial charge < -0.3 is 15.4 Å². The van der Waals surface area contributed by atoms with E-state index in [0.717, 1.165) is 17.9 Å². The van der Waals surface area contributed by atoms with Gasteiger partial charge in [0, 0.05) is 13.6 Å². The van der Waals surface area contributed by atoms with Crippen LogP contribution in [0.3, 0.4) is 0 Å². The van der Waals surface area contributed by atoms with Gasteiger partial charge in [-0.3, -0.25) is 4.68 Å². The fourth-order valence-corrected chi connectivity index (χ4v) is 2.46. The highest BCUT2D eigenvalue weighted by Crippen LogP contribution is 2.22. The van der Waals surface area contributed by atoms with Gasteiger partial charge in [-0.05, 0) is 48.9 Å². The number of aryl methyl sites for hydroxylation is 1. The molecule has 0 spiro atoms. The monoisotopic (exact) mass is 510 g/mol. The number of nitrogens with zero attached hydrogens (tertiary/aromatic N) is 4. The quantitative estimate of drug-likeness (QED) is 0.289. The molecule has 0 bridgehead atoms. The molecule has 0 aliphatic heterocycles. The van der Waals surface area contributed by atoms with Gasteiger partial charge in [0.25, 0.3) is 0 Å². The Morgan fingerprint density at radius 1 is 1.07 bits per heavy atom. The molecule has 0 amide bonds. The average molecular weight is 510 g/mol. The molecular weight excluding hydrogens is 486 g/mol. The normalized spacial score (nSPS) is 10.9. The molecule has 1 heterocycles. The van der Waals surface area contributed by atoms with Crippen LogP contribution >= 0.6 is 24.0 Å². The van der Waals surface area contributed by atoms with Crippen molar-refractivity contribution < 1.29 is 9.13 Å². The highest BCUT2D eigenvalue weighted by atomic mass is 127. The van der Waals surface area contributed by atoms with Crippen LogP contribution in [0.2, 0.25) is 0 Å². The molecule has 1 aromatic heterocycles. The Morgan fingerprint density at radius 2 is 1.72 bits per heavy atom. The van der Waals surface area contributed by atoms with E-state index in [0.29, 0.717) is 30.5 Å². The lowest BCUT2D eigenvalue weighted by Gasteiger charge is -2.11. The second kappa shape index (κ2) is 11.3. The minimum Gasteiger partial charge on any atom is -0.457 e. The van der Waals surface area contributed by atoms with Gasteiger partial charge in [-0.15, -0.1) is 24.0 Å². The number of nitrogens with one attached hydrogen (secondary N) is 2. The summed E-state index contributed by atoms with van der Waals surface area (Å²) in [4.78, 5) is 8.78. The molecule has 0 fully saturated rings. The van der Waals surface area contributed by atoms with E-state index in [1.165, 1.54) is 18.5 Å². The van der Waals surface area contributed by atoms with Gasteiger partial charge in [0.1, 0.15) is 29.5 Å². The molecular formula is C20H24FIN6O. The number of ether oxygens (including phenoxy) is 1. The second-order valence-corrected chi connectivity index (χ2v) is 6.05. The SMILES string of the molecule is CCNC(=NCc1ccc(Oc2ccc(F)cc2)cc1)NCc1ncnn1C.I. The third-order valence-corrected chi connectivity index (χ3v) is 3.96. The summed E-state index contributed by atoms with van der Waals surface area (Å²) in [5.41, 5.74) is 1.04. The maximum Gasteiger partial charge on any atom is 0.191 e. The van der Waals surface area contributed by atoms with Gasteiger partial charge in [-0.25, -0.2) is 14.4 Å². The molecule has 2 aromatic carbocycles. The predicted molar refractivity (Wildman–Crippen MR) is 121 cm³/mol. The van der Waals surface area contributed by atoms with Crippen molar-refractivity contribution in [3.05, 3.63) is 72.1 Å². The first kappa shape index (κ1) is 22.6. The van der Waals surface area contributed by atoms with E-state index in [9.17, 15) is 4.39 Å². The number of guanidine groups is 1. The number of aliphatic imine (C=N–C) groups is 1. The summed E-state index contributed by atoms with van der Waals surface area (Å²) in [6.45, 7) is 3.83. The molecule has 29 heavy (non-hydrogen) atoms. The summed E-state index contributed by atoms with van der Waals surface area (Å²) in [7, 11) is 1.85. The van der Waals surface area contributed by atoms with Crippen molar-refractivity contribution in [1.82, 2.24) is 25.4 Å². The molecule has 3 aromatic rings. The molecule has 0 aliphatic rings. The molecule has 0 saturated heterocycles. The molecule has 0 radical (unpaired) electrons. The Kier molecular flexibility index (Phi) is 8.84. The van der Waals surface area contributed by atoms with Crippen LogP contribution in [0.15, 0.2) is 59.9 Å². The summed E-state index contributed by atoms with van der Waals surface area (Å²) >= 11 is 0. The first-order valence-electron chi connectivity index (χ1n) is 9.01. The van der Waals surface area contributed by atoms with Crippen LogP contribution in [0, 0.1) is 5.82 Å². The van der Waals surface area contributed by atoms with Crippen molar-refractivity contribution in [1.29, 1.82) is 0 Å². The minimum absolute atomic E-state index is 0. The van der Waals surface area contributed by atoms with Gasteiger partial charge in [0.15, 0.2) is 5.96 Å². The molecule has 0 atom stereocenters. The molecule has 0 unspecified atom stereocenters. The van der Waals surface area contributed by atoms with E-state index in [4.69, 9.17) is 4.74 Å². The van der Waals surface area contributed by atoms with Gasteiger partial charge in [0.2, 0.25) is 0 Å². The first-order valence-corrected chi connectivity index (χ1v) is 9.01. The van der Waals surface area contributed by atoms with Crippen LogP contribution in [0.25, 0.3) is 0 Å². The summed E-state index contributed by atoms with van der Waals surface area (Å²) in [6.07, 6.45) is 1.52. The maximum atomic E-state index is 13.0.